The Balaban J connectivity index is 2.56. The van der Waals surface area contributed by atoms with Crippen LogP contribution in [0.15, 0.2) is 33.6 Å². The molecule has 0 aliphatic rings. The molecule has 0 fully saturated rings. The zero-order chi connectivity index (χ0) is 8.10. The summed E-state index contributed by atoms with van der Waals surface area (Å²) in [7, 11) is 0. The van der Waals surface area contributed by atoms with Crippen LogP contribution in [0.3, 0.4) is 0 Å². The van der Waals surface area contributed by atoms with Crippen LogP contribution in [-0.2, 0) is 0 Å². The second kappa shape index (κ2) is 4.80. The summed E-state index contributed by atoms with van der Waals surface area (Å²) in [4.78, 5) is 1.27. The number of nitrogens with two attached hydrogens (primary N) is 1. The smallest absolute Gasteiger partial charge is 0.0186 e. The lowest BCUT2D eigenvalue weighted by Crippen LogP contribution is -2.00. The molecule has 2 N–H and O–H groups in total. The van der Waals surface area contributed by atoms with Crippen molar-refractivity contribution < 1.29 is 0 Å². The van der Waals surface area contributed by atoms with Crippen LogP contribution in [0.1, 0.15) is 0 Å². The second-order valence-corrected chi connectivity index (χ2v) is 4.18. The van der Waals surface area contributed by atoms with Gasteiger partial charge in [-0.15, -0.1) is 11.8 Å². The molecule has 0 saturated heterocycles. The van der Waals surface area contributed by atoms with Crippen molar-refractivity contribution in [2.24, 2.45) is 5.73 Å². The Labute approximate surface area is 79.5 Å². The van der Waals surface area contributed by atoms with E-state index in [1.165, 1.54) is 4.90 Å². The minimum absolute atomic E-state index is 0.733. The molecule has 3 heteroatoms. The molecule has 1 nitrogen and oxygen atoms in total. The van der Waals surface area contributed by atoms with Gasteiger partial charge in [-0.05, 0) is 18.2 Å². The second-order valence-electron chi connectivity index (χ2n) is 2.09. The van der Waals surface area contributed by atoms with Gasteiger partial charge in [0.1, 0.15) is 0 Å². The number of thioether (sulfide) groups is 1. The number of benzene rings is 1. The maximum absolute atomic E-state index is 5.38. The summed E-state index contributed by atoms with van der Waals surface area (Å²) < 4.78 is 1.12. The number of hydrogen-bond acceptors (Lipinski definition) is 2. The fourth-order valence-electron chi connectivity index (χ4n) is 0.734. The van der Waals surface area contributed by atoms with Gasteiger partial charge in [0.25, 0.3) is 0 Å². The van der Waals surface area contributed by atoms with Crippen LogP contribution in [0.25, 0.3) is 0 Å². The van der Waals surface area contributed by atoms with Gasteiger partial charge in [0.2, 0.25) is 0 Å². The van der Waals surface area contributed by atoms with Crippen molar-refractivity contribution in [1.29, 1.82) is 0 Å². The first-order valence-electron chi connectivity index (χ1n) is 3.41. The zero-order valence-electron chi connectivity index (χ0n) is 6.09. The predicted molar refractivity (Wildman–Crippen MR) is 53.9 cm³/mol. The summed E-state index contributed by atoms with van der Waals surface area (Å²) >= 11 is 5.19. The highest BCUT2D eigenvalue weighted by atomic mass is 79.9. The Morgan fingerprint density at radius 1 is 1.45 bits per heavy atom. The molecule has 1 aromatic rings. The molecule has 11 heavy (non-hydrogen) atoms. The van der Waals surface area contributed by atoms with E-state index in [-0.39, 0.29) is 0 Å². The van der Waals surface area contributed by atoms with Crippen molar-refractivity contribution in [3.8, 4) is 0 Å². The van der Waals surface area contributed by atoms with Gasteiger partial charge in [0, 0.05) is 21.7 Å². The lowest BCUT2D eigenvalue weighted by molar-refractivity contribution is 1.15. The van der Waals surface area contributed by atoms with Crippen molar-refractivity contribution in [2.75, 3.05) is 12.3 Å². The van der Waals surface area contributed by atoms with Crippen molar-refractivity contribution in [3.63, 3.8) is 0 Å². The number of hydrogen-bond donors (Lipinski definition) is 1. The quantitative estimate of drug-likeness (QED) is 0.810. The van der Waals surface area contributed by atoms with Crippen LogP contribution in [-0.4, -0.2) is 12.3 Å². The van der Waals surface area contributed by atoms with Crippen molar-refractivity contribution in [2.45, 2.75) is 4.90 Å². The Kier molecular flexibility index (Phi) is 3.97. The van der Waals surface area contributed by atoms with Crippen molar-refractivity contribution in [1.82, 2.24) is 0 Å². The highest BCUT2D eigenvalue weighted by Gasteiger charge is 1.92. The predicted octanol–water partition coefficient (Wildman–Crippen LogP) is 2.50. The third-order valence-electron chi connectivity index (χ3n) is 1.18. The summed E-state index contributed by atoms with van der Waals surface area (Å²) in [6, 6.07) is 8.24. The Bertz CT molecular complexity index is 227. The lowest BCUT2D eigenvalue weighted by Gasteiger charge is -1.98. The van der Waals surface area contributed by atoms with Gasteiger partial charge in [-0.25, -0.2) is 0 Å². The molecular formula is C8H10BrNS. The molecule has 0 spiro atoms. The van der Waals surface area contributed by atoms with Crippen LogP contribution in [0.2, 0.25) is 0 Å². The maximum Gasteiger partial charge on any atom is 0.0186 e. The molecule has 0 atom stereocenters. The molecule has 0 amide bonds. The highest BCUT2D eigenvalue weighted by molar-refractivity contribution is 9.10. The molecule has 0 aliphatic heterocycles. The molecule has 0 aliphatic carbocycles. The summed E-state index contributed by atoms with van der Waals surface area (Å²) in [5, 5.41) is 0. The monoisotopic (exact) mass is 231 g/mol. The van der Waals surface area contributed by atoms with E-state index in [1.807, 2.05) is 12.1 Å². The topological polar surface area (TPSA) is 26.0 Å². The van der Waals surface area contributed by atoms with E-state index in [0.29, 0.717) is 0 Å². The third kappa shape index (κ3) is 3.27. The van der Waals surface area contributed by atoms with Gasteiger partial charge in [-0.3, -0.25) is 0 Å². The zero-order valence-corrected chi connectivity index (χ0v) is 8.49. The van der Waals surface area contributed by atoms with Crippen molar-refractivity contribution >= 4 is 27.7 Å². The summed E-state index contributed by atoms with van der Waals surface area (Å²) in [6.45, 7) is 0.733. The SMILES string of the molecule is NCCSc1cccc(Br)c1. The van der Waals surface area contributed by atoms with E-state index in [2.05, 4.69) is 28.1 Å². The molecule has 0 saturated carbocycles. The minimum Gasteiger partial charge on any atom is -0.330 e. The van der Waals surface area contributed by atoms with Gasteiger partial charge in [-0.2, -0.15) is 0 Å². The number of rotatable bonds is 3. The Morgan fingerprint density at radius 3 is 2.91 bits per heavy atom. The van der Waals surface area contributed by atoms with Crippen LogP contribution >= 0.6 is 27.7 Å². The van der Waals surface area contributed by atoms with Gasteiger partial charge in [0.05, 0.1) is 0 Å². The van der Waals surface area contributed by atoms with E-state index >= 15 is 0 Å². The molecule has 0 heterocycles. The molecule has 0 unspecified atom stereocenters. The first-order valence-corrected chi connectivity index (χ1v) is 5.19. The highest BCUT2D eigenvalue weighted by Crippen LogP contribution is 2.20. The van der Waals surface area contributed by atoms with E-state index in [4.69, 9.17) is 5.73 Å². The van der Waals surface area contributed by atoms with Crippen LogP contribution < -0.4 is 5.73 Å². The maximum atomic E-state index is 5.38. The van der Waals surface area contributed by atoms with Crippen molar-refractivity contribution in [3.05, 3.63) is 28.7 Å². The molecule has 60 valence electrons. The van der Waals surface area contributed by atoms with Gasteiger partial charge < -0.3 is 5.73 Å². The van der Waals surface area contributed by atoms with Gasteiger partial charge in [-0.1, -0.05) is 22.0 Å². The lowest BCUT2D eigenvalue weighted by atomic mass is 10.4. The molecular weight excluding hydrogens is 222 g/mol. The first-order chi connectivity index (χ1) is 5.33. The van der Waals surface area contributed by atoms with Gasteiger partial charge >= 0.3 is 0 Å². The van der Waals surface area contributed by atoms with E-state index < -0.39 is 0 Å². The molecule has 1 rings (SSSR count). The summed E-state index contributed by atoms with van der Waals surface area (Å²) in [6.07, 6.45) is 0. The standard InChI is InChI=1S/C8H10BrNS/c9-7-2-1-3-8(6-7)11-5-4-10/h1-3,6H,4-5,10H2. The Morgan fingerprint density at radius 2 is 2.27 bits per heavy atom. The fourth-order valence-corrected chi connectivity index (χ4v) is 2.02. The minimum atomic E-state index is 0.733. The van der Waals surface area contributed by atoms with Crippen LogP contribution in [0.5, 0.6) is 0 Å². The average molecular weight is 232 g/mol. The molecule has 0 radical (unpaired) electrons. The first kappa shape index (κ1) is 9.10. The van der Waals surface area contributed by atoms with E-state index in [9.17, 15) is 0 Å². The van der Waals surface area contributed by atoms with Gasteiger partial charge in [0.15, 0.2) is 0 Å². The largest absolute Gasteiger partial charge is 0.330 e. The fraction of sp³-hybridized carbons (Fsp3) is 0.250. The summed E-state index contributed by atoms with van der Waals surface area (Å²) in [5.74, 6) is 0.983. The van der Waals surface area contributed by atoms with Crippen LogP contribution in [0, 0.1) is 0 Å². The molecule has 1 aromatic carbocycles. The normalized spacial score (nSPS) is 10.0. The third-order valence-corrected chi connectivity index (χ3v) is 2.70. The van der Waals surface area contributed by atoms with E-state index in [1.54, 1.807) is 11.8 Å². The average Bonchev–Trinajstić information content (AvgIpc) is 2.01. The van der Waals surface area contributed by atoms with Crippen LogP contribution in [0.4, 0.5) is 0 Å². The number of halogens is 1. The molecule has 0 aromatic heterocycles. The summed E-state index contributed by atoms with van der Waals surface area (Å²) in [5.41, 5.74) is 5.38. The van der Waals surface area contributed by atoms with E-state index in [0.717, 1.165) is 16.8 Å². The molecule has 0 bridgehead atoms. The Hall–Kier alpha value is 0.01000.